The van der Waals surface area contributed by atoms with Gasteiger partial charge in [-0.3, -0.25) is 4.90 Å². The van der Waals surface area contributed by atoms with Crippen LogP contribution in [0.5, 0.6) is 0 Å². The number of rotatable bonds is 5. The zero-order chi connectivity index (χ0) is 17.2. The van der Waals surface area contributed by atoms with Crippen molar-refractivity contribution in [2.24, 2.45) is 7.05 Å². The number of pyridine rings is 1. The summed E-state index contributed by atoms with van der Waals surface area (Å²) in [6.07, 6.45) is 8.17. The number of imidazole rings is 1. The molecule has 25 heavy (non-hydrogen) atoms. The highest BCUT2D eigenvalue weighted by Crippen LogP contribution is 2.34. The van der Waals surface area contributed by atoms with E-state index in [2.05, 4.69) is 37.8 Å². The van der Waals surface area contributed by atoms with Crippen molar-refractivity contribution in [2.75, 3.05) is 11.9 Å². The maximum atomic E-state index is 4.81. The normalized spacial score (nSPS) is 17.9. The van der Waals surface area contributed by atoms with Crippen molar-refractivity contribution in [3.05, 3.63) is 53.2 Å². The van der Waals surface area contributed by atoms with Gasteiger partial charge >= 0.3 is 0 Å². The van der Waals surface area contributed by atoms with Gasteiger partial charge < -0.3 is 9.88 Å². The number of nitrogens with one attached hydrogen (secondary N) is 1. The molecule has 3 aromatic heterocycles. The summed E-state index contributed by atoms with van der Waals surface area (Å²) in [6.45, 7) is 4.01. The third-order valence-electron chi connectivity index (χ3n) is 4.50. The average Bonchev–Trinajstić information content (AvgIpc) is 3.32. The van der Waals surface area contributed by atoms with Crippen molar-refractivity contribution in [3.63, 3.8) is 0 Å². The van der Waals surface area contributed by atoms with Crippen molar-refractivity contribution < 1.29 is 0 Å². The van der Waals surface area contributed by atoms with Crippen LogP contribution in [0.25, 0.3) is 0 Å². The Kier molecular flexibility index (Phi) is 4.50. The highest BCUT2D eigenvalue weighted by atomic mass is 32.1. The van der Waals surface area contributed by atoms with Gasteiger partial charge in [0.2, 0.25) is 0 Å². The number of nitrogens with zero attached hydrogens (tertiary/aromatic N) is 5. The number of likely N-dealkylation sites (tertiary alicyclic amines) is 1. The number of hydrogen-bond donors (Lipinski definition) is 1. The van der Waals surface area contributed by atoms with Crippen LogP contribution in [0.15, 0.2) is 36.2 Å². The molecule has 0 bridgehead atoms. The molecule has 1 fully saturated rings. The number of thiazole rings is 1. The van der Waals surface area contributed by atoms with Crippen LogP contribution in [0.4, 0.5) is 10.9 Å². The summed E-state index contributed by atoms with van der Waals surface area (Å²) >= 11 is 1.64. The lowest BCUT2D eigenvalue weighted by Gasteiger charge is -2.21. The van der Waals surface area contributed by atoms with Gasteiger partial charge in [0.05, 0.1) is 23.8 Å². The quantitative estimate of drug-likeness (QED) is 0.758. The zero-order valence-electron chi connectivity index (χ0n) is 14.5. The predicted molar refractivity (Wildman–Crippen MR) is 100.0 cm³/mol. The van der Waals surface area contributed by atoms with Crippen molar-refractivity contribution in [3.8, 4) is 0 Å². The average molecular weight is 354 g/mol. The molecule has 1 aliphatic rings. The lowest BCUT2D eigenvalue weighted by molar-refractivity contribution is 0.242. The van der Waals surface area contributed by atoms with Gasteiger partial charge in [-0.25, -0.2) is 15.0 Å². The molecule has 4 rings (SSSR count). The van der Waals surface area contributed by atoms with Crippen LogP contribution >= 0.6 is 11.3 Å². The fourth-order valence-corrected chi connectivity index (χ4v) is 4.02. The molecule has 130 valence electrons. The number of anilines is 2. The zero-order valence-corrected chi connectivity index (χ0v) is 15.3. The van der Waals surface area contributed by atoms with E-state index in [9.17, 15) is 0 Å². The monoisotopic (exact) mass is 354 g/mol. The van der Waals surface area contributed by atoms with E-state index in [1.807, 2.05) is 37.1 Å². The predicted octanol–water partition coefficient (Wildman–Crippen LogP) is 3.66. The van der Waals surface area contributed by atoms with Crippen LogP contribution in [0.3, 0.4) is 0 Å². The van der Waals surface area contributed by atoms with Gasteiger partial charge in [-0.1, -0.05) is 6.07 Å². The molecule has 0 saturated carbocycles. The van der Waals surface area contributed by atoms with Crippen molar-refractivity contribution >= 4 is 22.3 Å². The van der Waals surface area contributed by atoms with E-state index >= 15 is 0 Å². The Balaban J connectivity index is 1.45. The third kappa shape index (κ3) is 3.72. The molecule has 0 radical (unpaired) electrons. The highest BCUT2D eigenvalue weighted by Gasteiger charge is 2.28. The van der Waals surface area contributed by atoms with Crippen molar-refractivity contribution in [1.29, 1.82) is 0 Å². The second kappa shape index (κ2) is 6.93. The summed E-state index contributed by atoms with van der Waals surface area (Å²) in [4.78, 5) is 16.1. The molecule has 0 spiro atoms. The Labute approximate surface area is 151 Å². The van der Waals surface area contributed by atoms with Gasteiger partial charge in [0.15, 0.2) is 5.13 Å². The van der Waals surface area contributed by atoms with Crippen LogP contribution in [0, 0.1) is 6.92 Å². The molecule has 4 heterocycles. The van der Waals surface area contributed by atoms with Gasteiger partial charge in [-0.05, 0) is 37.9 Å². The third-order valence-corrected chi connectivity index (χ3v) is 5.27. The molecule has 7 heteroatoms. The fraction of sp³-hybridized carbons (Fsp3) is 0.389. The van der Waals surface area contributed by atoms with Crippen molar-refractivity contribution in [2.45, 2.75) is 32.4 Å². The van der Waals surface area contributed by atoms with Crippen LogP contribution in [-0.4, -0.2) is 31.0 Å². The molecular weight excluding hydrogens is 332 g/mol. The smallest absolute Gasteiger partial charge is 0.188 e. The minimum atomic E-state index is 0.375. The SMILES string of the molecule is Cc1ccc(Nc2nc([C@H]3CCCN3Cc3cn(C)cn3)cs2)nc1. The lowest BCUT2D eigenvalue weighted by atomic mass is 10.1. The van der Waals surface area contributed by atoms with Gasteiger partial charge in [-0.15, -0.1) is 11.3 Å². The summed E-state index contributed by atoms with van der Waals surface area (Å²) in [6, 6.07) is 4.41. The molecule has 1 saturated heterocycles. The minimum Gasteiger partial charge on any atom is -0.340 e. The molecule has 6 nitrogen and oxygen atoms in total. The van der Waals surface area contributed by atoms with E-state index < -0.39 is 0 Å². The number of aromatic nitrogens is 4. The molecule has 3 aromatic rings. The topological polar surface area (TPSA) is 58.9 Å². The summed E-state index contributed by atoms with van der Waals surface area (Å²) in [5.41, 5.74) is 3.42. The molecule has 0 aliphatic carbocycles. The largest absolute Gasteiger partial charge is 0.340 e. The van der Waals surface area contributed by atoms with E-state index in [1.165, 1.54) is 6.42 Å². The summed E-state index contributed by atoms with van der Waals surface area (Å²) in [7, 11) is 2.01. The summed E-state index contributed by atoms with van der Waals surface area (Å²) in [5.74, 6) is 0.836. The second-order valence-electron chi connectivity index (χ2n) is 6.58. The molecule has 1 aliphatic heterocycles. The lowest BCUT2D eigenvalue weighted by Crippen LogP contribution is -2.23. The maximum Gasteiger partial charge on any atom is 0.188 e. The molecule has 1 atom stereocenters. The molecule has 0 unspecified atom stereocenters. The number of hydrogen-bond acceptors (Lipinski definition) is 6. The fourth-order valence-electron chi connectivity index (χ4n) is 3.25. The first-order valence-corrected chi connectivity index (χ1v) is 9.41. The van der Waals surface area contributed by atoms with Crippen LogP contribution < -0.4 is 5.32 Å². The van der Waals surface area contributed by atoms with E-state index in [0.717, 1.165) is 47.4 Å². The minimum absolute atomic E-state index is 0.375. The summed E-state index contributed by atoms with van der Waals surface area (Å²) in [5, 5.41) is 6.37. The van der Waals surface area contributed by atoms with Gasteiger partial charge in [0.1, 0.15) is 5.82 Å². The van der Waals surface area contributed by atoms with Gasteiger partial charge in [-0.2, -0.15) is 0 Å². The van der Waals surface area contributed by atoms with Crippen LogP contribution in [-0.2, 0) is 13.6 Å². The molecule has 1 N–H and O–H groups in total. The first kappa shape index (κ1) is 16.2. The standard InChI is InChI=1S/C18H22N6S/c1-13-5-6-17(19-8-13)22-18-21-15(11-25-18)16-4-3-7-24(16)10-14-9-23(2)12-20-14/h5-6,8-9,11-12,16H,3-4,7,10H2,1-2H3,(H,19,21,22)/t16-/m1/s1. The Morgan fingerprint density at radius 2 is 2.24 bits per heavy atom. The Morgan fingerprint density at radius 1 is 1.32 bits per heavy atom. The Bertz CT molecular complexity index is 837. The Morgan fingerprint density at radius 3 is 3.00 bits per heavy atom. The van der Waals surface area contributed by atoms with Crippen molar-refractivity contribution in [1.82, 2.24) is 24.4 Å². The summed E-state index contributed by atoms with van der Waals surface area (Å²) < 4.78 is 2.00. The molecule has 0 aromatic carbocycles. The number of aryl methyl sites for hydroxylation is 2. The van der Waals surface area contributed by atoms with Crippen LogP contribution in [0.1, 0.15) is 35.8 Å². The van der Waals surface area contributed by atoms with E-state index in [-0.39, 0.29) is 0 Å². The maximum absolute atomic E-state index is 4.81. The second-order valence-corrected chi connectivity index (χ2v) is 7.44. The van der Waals surface area contributed by atoms with Crippen LogP contribution in [0.2, 0.25) is 0 Å². The van der Waals surface area contributed by atoms with Gasteiger partial charge in [0, 0.05) is 31.4 Å². The van der Waals surface area contributed by atoms with E-state index in [1.54, 1.807) is 11.3 Å². The van der Waals surface area contributed by atoms with E-state index in [4.69, 9.17) is 4.98 Å². The highest BCUT2D eigenvalue weighted by molar-refractivity contribution is 7.13. The Hall–Kier alpha value is -2.25. The van der Waals surface area contributed by atoms with Gasteiger partial charge in [0.25, 0.3) is 0 Å². The molecule has 0 amide bonds. The first-order valence-electron chi connectivity index (χ1n) is 8.53. The first-order chi connectivity index (χ1) is 12.2. The molecular formula is C18H22N6S. The van der Waals surface area contributed by atoms with E-state index in [0.29, 0.717) is 6.04 Å².